The maximum absolute atomic E-state index is 12.2. The fraction of sp³-hybridized carbons (Fsp3) is 0.600. The third kappa shape index (κ3) is 5.31. The van der Waals surface area contributed by atoms with Gasteiger partial charge in [0.15, 0.2) is 5.78 Å². The van der Waals surface area contributed by atoms with Crippen LogP contribution in [0.2, 0.25) is 0 Å². The number of hydrogen-bond acceptors (Lipinski definition) is 5. The monoisotopic (exact) mass is 414 g/mol. The normalized spacial score (nSPS) is 24.5. The highest BCUT2D eigenvalue weighted by Crippen LogP contribution is 2.52. The topological polar surface area (TPSA) is 72.8 Å². The second kappa shape index (κ2) is 10.8. The second-order valence-corrected chi connectivity index (χ2v) is 8.34. The number of esters is 1. The van der Waals surface area contributed by atoms with E-state index in [4.69, 9.17) is 9.47 Å². The number of ketones is 1. The van der Waals surface area contributed by atoms with Gasteiger partial charge in [-0.3, -0.25) is 9.59 Å². The maximum atomic E-state index is 12.2. The highest BCUT2D eigenvalue weighted by Gasteiger charge is 2.48. The number of allylic oxidation sites excluding steroid dienone is 1. The Balaban J connectivity index is 1.67. The van der Waals surface area contributed by atoms with Crippen molar-refractivity contribution in [3.8, 4) is 5.75 Å². The fourth-order valence-electron chi connectivity index (χ4n) is 4.67. The Kier molecular flexibility index (Phi) is 8.08. The molecule has 5 nitrogen and oxygen atoms in total. The van der Waals surface area contributed by atoms with Crippen LogP contribution >= 0.6 is 0 Å². The number of aliphatic hydroxyl groups excluding tert-OH is 1. The summed E-state index contributed by atoms with van der Waals surface area (Å²) < 4.78 is 11.3. The Labute approximate surface area is 179 Å². The number of fused-ring (bicyclic) bond motifs is 3. The zero-order valence-electron chi connectivity index (χ0n) is 18.1. The van der Waals surface area contributed by atoms with Gasteiger partial charge in [-0.2, -0.15) is 0 Å². The lowest BCUT2D eigenvalue weighted by Crippen LogP contribution is -2.16. The van der Waals surface area contributed by atoms with Gasteiger partial charge in [-0.05, 0) is 37.8 Å². The summed E-state index contributed by atoms with van der Waals surface area (Å²) in [6.45, 7) is 4.34. The van der Waals surface area contributed by atoms with Crippen LogP contribution < -0.4 is 4.74 Å². The second-order valence-electron chi connectivity index (χ2n) is 8.34. The number of aliphatic hydroxyl groups is 1. The van der Waals surface area contributed by atoms with E-state index in [0.29, 0.717) is 32.3 Å². The highest BCUT2D eigenvalue weighted by molar-refractivity contribution is 5.89. The number of hydrogen-bond donors (Lipinski definition) is 1. The average molecular weight is 415 g/mol. The smallest absolute Gasteiger partial charge is 0.305 e. The molecule has 4 atom stereocenters. The molecular weight excluding hydrogens is 380 g/mol. The van der Waals surface area contributed by atoms with E-state index in [1.165, 1.54) is 0 Å². The molecule has 2 aliphatic rings. The van der Waals surface area contributed by atoms with Crippen molar-refractivity contribution in [1.29, 1.82) is 0 Å². The van der Waals surface area contributed by atoms with Gasteiger partial charge in [-0.15, -0.1) is 0 Å². The summed E-state index contributed by atoms with van der Waals surface area (Å²) in [7, 11) is 0. The van der Waals surface area contributed by atoms with Crippen molar-refractivity contribution in [3.05, 3.63) is 41.5 Å². The molecule has 1 aromatic carbocycles. The first kappa shape index (κ1) is 22.5. The molecule has 3 rings (SSSR count). The first-order valence-electron chi connectivity index (χ1n) is 11.4. The molecule has 1 heterocycles. The summed E-state index contributed by atoms with van der Waals surface area (Å²) in [5, 5.41) is 10.6. The standard InChI is InChI=1S/C25H34O5/c1-3-5-6-11-18(26)14-15-19-21(27)16-22-24(19)20-12-7-9-17(25(20)30-22)10-8-13-23(28)29-4-2/h7,9,12,14-15,19,21-22,24,27H,3-6,8,10-11,13,16H2,1-2H3/b15-14+/t19-,21-,22+,24+/m1/s1. The van der Waals surface area contributed by atoms with Crippen LogP contribution in [0.3, 0.4) is 0 Å². The van der Waals surface area contributed by atoms with E-state index in [1.807, 2.05) is 25.1 Å². The number of carbonyl (C=O) groups is 2. The third-order valence-corrected chi connectivity index (χ3v) is 6.15. The Morgan fingerprint density at radius 1 is 1.20 bits per heavy atom. The minimum absolute atomic E-state index is 0.0638. The molecule has 0 bridgehead atoms. The van der Waals surface area contributed by atoms with Gasteiger partial charge in [-0.1, -0.05) is 44.0 Å². The zero-order valence-corrected chi connectivity index (χ0v) is 18.1. The van der Waals surface area contributed by atoms with Crippen molar-refractivity contribution in [2.45, 2.75) is 83.3 Å². The van der Waals surface area contributed by atoms with E-state index < -0.39 is 6.10 Å². The molecule has 1 saturated carbocycles. The number of unbranched alkanes of at least 4 members (excludes halogenated alkanes) is 2. The lowest BCUT2D eigenvalue weighted by molar-refractivity contribution is -0.143. The molecule has 0 amide bonds. The van der Waals surface area contributed by atoms with Crippen LogP contribution in [0, 0.1) is 5.92 Å². The number of rotatable bonds is 11. The number of aryl methyl sites for hydroxylation is 1. The molecular formula is C25H34O5. The largest absolute Gasteiger partial charge is 0.489 e. The average Bonchev–Trinajstić information content (AvgIpc) is 3.22. The summed E-state index contributed by atoms with van der Waals surface area (Å²) in [5.41, 5.74) is 2.21. The Morgan fingerprint density at radius 2 is 2.03 bits per heavy atom. The van der Waals surface area contributed by atoms with Crippen LogP contribution in [-0.4, -0.2) is 35.7 Å². The first-order chi connectivity index (χ1) is 14.5. The summed E-state index contributed by atoms with van der Waals surface area (Å²) >= 11 is 0. The predicted octanol–water partition coefficient (Wildman–Crippen LogP) is 4.50. The molecule has 0 unspecified atom stereocenters. The van der Waals surface area contributed by atoms with E-state index in [0.717, 1.165) is 42.6 Å². The molecule has 0 spiro atoms. The van der Waals surface area contributed by atoms with Crippen LogP contribution in [0.4, 0.5) is 0 Å². The Morgan fingerprint density at radius 3 is 2.80 bits per heavy atom. The van der Waals surface area contributed by atoms with Gasteiger partial charge in [-0.25, -0.2) is 0 Å². The van der Waals surface area contributed by atoms with E-state index >= 15 is 0 Å². The molecule has 1 aliphatic heterocycles. The van der Waals surface area contributed by atoms with Crippen LogP contribution in [0.25, 0.3) is 0 Å². The van der Waals surface area contributed by atoms with Gasteiger partial charge in [0, 0.05) is 36.7 Å². The highest BCUT2D eigenvalue weighted by atomic mass is 16.5. The Bertz CT molecular complexity index is 769. The predicted molar refractivity (Wildman–Crippen MR) is 116 cm³/mol. The SMILES string of the molecule is CCCCCC(=O)/C=C/[C@H]1[C@H]2c3cccc(CCCC(=O)OCC)c3O[C@H]2C[C@H]1O. The number of ether oxygens (including phenoxy) is 2. The molecule has 164 valence electrons. The van der Waals surface area contributed by atoms with Gasteiger partial charge in [0.1, 0.15) is 11.9 Å². The molecule has 1 aromatic rings. The lowest BCUT2D eigenvalue weighted by atomic mass is 9.86. The number of carbonyl (C=O) groups excluding carboxylic acids is 2. The van der Waals surface area contributed by atoms with Crippen molar-refractivity contribution in [2.75, 3.05) is 6.61 Å². The van der Waals surface area contributed by atoms with Crippen LogP contribution in [-0.2, 0) is 20.7 Å². The molecule has 0 aromatic heterocycles. The van der Waals surface area contributed by atoms with Gasteiger partial charge in [0.25, 0.3) is 0 Å². The minimum atomic E-state index is -0.500. The van der Waals surface area contributed by atoms with Crippen LogP contribution in [0.5, 0.6) is 5.75 Å². The van der Waals surface area contributed by atoms with E-state index in [1.54, 1.807) is 6.08 Å². The number of benzene rings is 1. The van der Waals surface area contributed by atoms with Gasteiger partial charge in [0.2, 0.25) is 0 Å². The first-order valence-corrected chi connectivity index (χ1v) is 11.4. The molecule has 1 aliphatic carbocycles. The van der Waals surface area contributed by atoms with Crippen molar-refractivity contribution >= 4 is 11.8 Å². The van der Waals surface area contributed by atoms with Crippen molar-refractivity contribution < 1.29 is 24.2 Å². The molecule has 0 saturated heterocycles. The summed E-state index contributed by atoms with van der Waals surface area (Å²) in [6.07, 6.45) is 9.07. The summed E-state index contributed by atoms with van der Waals surface area (Å²) in [4.78, 5) is 23.8. The molecule has 30 heavy (non-hydrogen) atoms. The van der Waals surface area contributed by atoms with Gasteiger partial charge in [0.05, 0.1) is 12.7 Å². The van der Waals surface area contributed by atoms with Gasteiger partial charge >= 0.3 is 5.97 Å². The quantitative estimate of drug-likeness (QED) is 0.328. The molecule has 1 N–H and O–H groups in total. The van der Waals surface area contributed by atoms with E-state index in [-0.39, 0.29) is 29.7 Å². The minimum Gasteiger partial charge on any atom is -0.489 e. The van der Waals surface area contributed by atoms with Crippen LogP contribution in [0.1, 0.15) is 75.8 Å². The van der Waals surface area contributed by atoms with Crippen molar-refractivity contribution in [2.24, 2.45) is 5.92 Å². The van der Waals surface area contributed by atoms with E-state index in [9.17, 15) is 14.7 Å². The van der Waals surface area contributed by atoms with Crippen LogP contribution in [0.15, 0.2) is 30.4 Å². The molecule has 1 fully saturated rings. The summed E-state index contributed by atoms with van der Waals surface area (Å²) in [6, 6.07) is 6.13. The Hall–Kier alpha value is -2.14. The van der Waals surface area contributed by atoms with E-state index in [2.05, 4.69) is 13.0 Å². The van der Waals surface area contributed by atoms with Gasteiger partial charge < -0.3 is 14.6 Å². The third-order valence-electron chi connectivity index (χ3n) is 6.15. The van der Waals surface area contributed by atoms with Crippen molar-refractivity contribution in [3.63, 3.8) is 0 Å². The number of para-hydroxylation sites is 1. The molecule has 0 radical (unpaired) electrons. The summed E-state index contributed by atoms with van der Waals surface area (Å²) in [5.74, 6) is 0.822. The zero-order chi connectivity index (χ0) is 21.5. The van der Waals surface area contributed by atoms with Crippen molar-refractivity contribution in [1.82, 2.24) is 0 Å². The lowest BCUT2D eigenvalue weighted by Gasteiger charge is -2.17. The maximum Gasteiger partial charge on any atom is 0.305 e. The fourth-order valence-corrected chi connectivity index (χ4v) is 4.67. The molecule has 5 heteroatoms.